The number of nitrogens with zero attached hydrogens (tertiary/aromatic N) is 2. The molecular weight excluding hydrogens is 483 g/mol. The van der Waals surface area contributed by atoms with Gasteiger partial charge in [0.15, 0.2) is 11.6 Å². The SMILES string of the molecule is N=C(CC(=Nc1ccccc1Cl)c1ccc(C(=O)Nc2cc(-c3ccco3)[nH]n2)cc1)C(F)(F)F. The van der Waals surface area contributed by atoms with Crippen LogP contribution in [0.3, 0.4) is 0 Å². The number of nitrogens with one attached hydrogen (secondary N) is 3. The van der Waals surface area contributed by atoms with E-state index in [2.05, 4.69) is 20.5 Å². The van der Waals surface area contributed by atoms with E-state index in [4.69, 9.17) is 21.4 Å². The number of hydrogen-bond donors (Lipinski definition) is 3. The van der Waals surface area contributed by atoms with Crippen LogP contribution in [-0.4, -0.2) is 33.7 Å². The highest BCUT2D eigenvalue weighted by Gasteiger charge is 2.35. The lowest BCUT2D eigenvalue weighted by molar-refractivity contribution is -0.0605. The number of aliphatic imine (C=N–C) groups is 1. The van der Waals surface area contributed by atoms with Gasteiger partial charge in [0.25, 0.3) is 5.91 Å². The number of alkyl halides is 3. The predicted octanol–water partition coefficient (Wildman–Crippen LogP) is 6.67. The molecule has 0 spiro atoms. The van der Waals surface area contributed by atoms with Crippen molar-refractivity contribution in [3.8, 4) is 11.5 Å². The maximum absolute atomic E-state index is 13.0. The number of hydrogen-bond acceptors (Lipinski definition) is 5. The zero-order valence-electron chi connectivity index (χ0n) is 17.9. The summed E-state index contributed by atoms with van der Waals surface area (Å²) in [5.41, 5.74) is -0.0477. The van der Waals surface area contributed by atoms with Crippen LogP contribution >= 0.6 is 11.6 Å². The van der Waals surface area contributed by atoms with E-state index in [1.807, 2.05) is 0 Å². The summed E-state index contributed by atoms with van der Waals surface area (Å²) in [6.07, 6.45) is -4.04. The molecule has 0 aliphatic rings. The van der Waals surface area contributed by atoms with Gasteiger partial charge >= 0.3 is 6.18 Å². The molecule has 0 unspecified atom stereocenters. The summed E-state index contributed by atoms with van der Waals surface area (Å²) in [7, 11) is 0. The number of anilines is 1. The average Bonchev–Trinajstić information content (AvgIpc) is 3.51. The van der Waals surface area contributed by atoms with Crippen LogP contribution in [-0.2, 0) is 0 Å². The van der Waals surface area contributed by atoms with Gasteiger partial charge in [0.05, 0.1) is 22.7 Å². The Labute approximate surface area is 202 Å². The largest absolute Gasteiger partial charge is 0.463 e. The number of H-pyrrole nitrogens is 1. The van der Waals surface area contributed by atoms with Crippen LogP contribution in [0.15, 0.2) is 82.4 Å². The summed E-state index contributed by atoms with van der Waals surface area (Å²) in [4.78, 5) is 16.9. The highest BCUT2D eigenvalue weighted by molar-refractivity contribution is 6.33. The summed E-state index contributed by atoms with van der Waals surface area (Å²) in [5.74, 6) is 0.351. The van der Waals surface area contributed by atoms with Gasteiger partial charge in [-0.3, -0.25) is 14.9 Å². The fourth-order valence-corrected chi connectivity index (χ4v) is 3.29. The van der Waals surface area contributed by atoms with Crippen molar-refractivity contribution in [2.45, 2.75) is 12.6 Å². The van der Waals surface area contributed by atoms with E-state index in [-0.39, 0.29) is 27.8 Å². The molecule has 3 N–H and O–H groups in total. The smallest absolute Gasteiger partial charge is 0.429 e. The molecule has 2 heterocycles. The fraction of sp³-hybridized carbons (Fsp3) is 0.0833. The van der Waals surface area contributed by atoms with Crippen LogP contribution < -0.4 is 5.32 Å². The Morgan fingerprint density at radius 1 is 1.09 bits per heavy atom. The zero-order chi connectivity index (χ0) is 25.0. The maximum atomic E-state index is 13.0. The minimum Gasteiger partial charge on any atom is -0.463 e. The number of aromatic amines is 1. The molecule has 178 valence electrons. The second-order valence-corrected chi connectivity index (χ2v) is 7.75. The molecule has 7 nitrogen and oxygen atoms in total. The molecule has 35 heavy (non-hydrogen) atoms. The van der Waals surface area contributed by atoms with Gasteiger partial charge in [0, 0.05) is 18.1 Å². The summed E-state index contributed by atoms with van der Waals surface area (Å²) >= 11 is 6.11. The number of benzene rings is 2. The van der Waals surface area contributed by atoms with Gasteiger partial charge in [0.2, 0.25) is 0 Å². The van der Waals surface area contributed by atoms with Gasteiger partial charge in [-0.1, -0.05) is 35.9 Å². The topological polar surface area (TPSA) is 107 Å². The summed E-state index contributed by atoms with van der Waals surface area (Å²) < 4.78 is 44.4. The predicted molar refractivity (Wildman–Crippen MR) is 127 cm³/mol. The first-order valence-corrected chi connectivity index (χ1v) is 10.6. The number of para-hydroxylation sites is 1. The van der Waals surface area contributed by atoms with Crippen LogP contribution in [0.1, 0.15) is 22.3 Å². The molecular formula is C24H17ClF3N5O2. The number of halogens is 4. The van der Waals surface area contributed by atoms with E-state index in [9.17, 15) is 18.0 Å². The molecule has 0 fully saturated rings. The first-order valence-electron chi connectivity index (χ1n) is 10.2. The number of furan rings is 1. The van der Waals surface area contributed by atoms with E-state index in [0.29, 0.717) is 17.0 Å². The fourth-order valence-electron chi connectivity index (χ4n) is 3.11. The maximum Gasteiger partial charge on any atom is 0.429 e. The van der Waals surface area contributed by atoms with Crippen molar-refractivity contribution in [1.29, 1.82) is 5.41 Å². The molecule has 2 aromatic carbocycles. The van der Waals surface area contributed by atoms with Gasteiger partial charge in [-0.2, -0.15) is 18.3 Å². The van der Waals surface area contributed by atoms with Crippen LogP contribution in [0.4, 0.5) is 24.7 Å². The summed E-state index contributed by atoms with van der Waals surface area (Å²) in [6, 6.07) is 17.3. The lowest BCUT2D eigenvalue weighted by Gasteiger charge is -2.12. The molecule has 0 saturated heterocycles. The summed E-state index contributed by atoms with van der Waals surface area (Å²) in [5, 5.41) is 17.1. The van der Waals surface area contributed by atoms with E-state index < -0.39 is 24.2 Å². The molecule has 0 aliphatic heterocycles. The van der Waals surface area contributed by atoms with Crippen LogP contribution in [0.5, 0.6) is 0 Å². The van der Waals surface area contributed by atoms with Crippen molar-refractivity contribution in [1.82, 2.24) is 10.2 Å². The van der Waals surface area contributed by atoms with Crippen LogP contribution in [0.25, 0.3) is 11.5 Å². The minimum atomic E-state index is -4.79. The monoisotopic (exact) mass is 499 g/mol. The Morgan fingerprint density at radius 2 is 1.80 bits per heavy atom. The molecule has 0 saturated carbocycles. The van der Waals surface area contributed by atoms with Crippen molar-refractivity contribution in [2.75, 3.05) is 5.32 Å². The Balaban J connectivity index is 1.55. The lowest BCUT2D eigenvalue weighted by atomic mass is 10.0. The van der Waals surface area contributed by atoms with E-state index in [0.717, 1.165) is 0 Å². The minimum absolute atomic E-state index is 0.0113. The third-order valence-corrected chi connectivity index (χ3v) is 5.20. The Hall–Kier alpha value is -4.18. The second-order valence-electron chi connectivity index (χ2n) is 7.34. The van der Waals surface area contributed by atoms with E-state index >= 15 is 0 Å². The Morgan fingerprint density at radius 3 is 2.46 bits per heavy atom. The van der Waals surface area contributed by atoms with Crippen molar-refractivity contribution < 1.29 is 22.4 Å². The number of rotatable bonds is 7. The molecule has 4 aromatic rings. The van der Waals surface area contributed by atoms with Gasteiger partial charge in [-0.25, -0.2) is 0 Å². The second kappa shape index (κ2) is 9.98. The average molecular weight is 500 g/mol. The van der Waals surface area contributed by atoms with Crippen LogP contribution in [0.2, 0.25) is 5.02 Å². The third-order valence-electron chi connectivity index (χ3n) is 4.88. The van der Waals surface area contributed by atoms with E-state index in [1.54, 1.807) is 42.5 Å². The van der Waals surface area contributed by atoms with Crippen molar-refractivity contribution >= 4 is 40.4 Å². The number of aromatic nitrogens is 2. The molecule has 0 bridgehead atoms. The molecule has 1 amide bonds. The van der Waals surface area contributed by atoms with Crippen LogP contribution in [0, 0.1) is 5.41 Å². The Bertz CT molecular complexity index is 1380. The number of carbonyl (C=O) groups is 1. The molecule has 2 aromatic heterocycles. The van der Waals surface area contributed by atoms with Crippen molar-refractivity contribution in [2.24, 2.45) is 4.99 Å². The van der Waals surface area contributed by atoms with E-state index in [1.165, 1.54) is 30.5 Å². The van der Waals surface area contributed by atoms with Gasteiger partial charge in [-0.15, -0.1) is 0 Å². The van der Waals surface area contributed by atoms with Gasteiger partial charge in [0.1, 0.15) is 11.4 Å². The highest BCUT2D eigenvalue weighted by Crippen LogP contribution is 2.27. The number of carbonyl (C=O) groups excluding carboxylic acids is 1. The Kier molecular flexibility index (Phi) is 6.83. The van der Waals surface area contributed by atoms with Crippen molar-refractivity contribution in [3.63, 3.8) is 0 Å². The molecule has 0 radical (unpaired) electrons. The normalized spacial score (nSPS) is 11.9. The lowest BCUT2D eigenvalue weighted by Crippen LogP contribution is -2.25. The van der Waals surface area contributed by atoms with Gasteiger partial charge in [-0.05, 0) is 42.0 Å². The van der Waals surface area contributed by atoms with Crippen molar-refractivity contribution in [3.05, 3.63) is 89.1 Å². The molecule has 0 aliphatic carbocycles. The standard InChI is InChI=1S/C24H17ClF3N5O2/c25-16-4-1-2-5-17(16)30-18(12-21(29)24(26,27)28)14-7-9-15(10-8-14)23(34)31-22-13-19(32-33-22)20-6-3-11-35-20/h1-11,13,29H,12H2,(H2,31,32,33,34). The quantitative estimate of drug-likeness (QED) is 0.247. The first-order chi connectivity index (χ1) is 16.7. The first kappa shape index (κ1) is 24.0. The zero-order valence-corrected chi connectivity index (χ0v) is 18.6. The highest BCUT2D eigenvalue weighted by atomic mass is 35.5. The van der Waals surface area contributed by atoms with Gasteiger partial charge < -0.3 is 15.1 Å². The molecule has 11 heteroatoms. The summed E-state index contributed by atoms with van der Waals surface area (Å²) in [6.45, 7) is 0. The molecule has 4 rings (SSSR count). The third kappa shape index (κ3) is 5.85. The number of amides is 1. The molecule has 0 atom stereocenters.